The first-order valence-corrected chi connectivity index (χ1v) is 20.5. The molecule has 0 aliphatic rings. The highest BCUT2D eigenvalue weighted by Gasteiger charge is 2.32. The fourth-order valence-electron chi connectivity index (χ4n) is 7.38. The number of aromatic hydroxyl groups is 2. The number of unbranched alkanes of at least 4 members (excludes halogenated alkanes) is 1. The van der Waals surface area contributed by atoms with Crippen LogP contribution in [0.15, 0.2) is 109 Å². The zero-order valence-electron chi connectivity index (χ0n) is 34.1. The van der Waals surface area contributed by atoms with E-state index in [1.807, 2.05) is 48.5 Å². The molecule has 0 fully saturated rings. The Morgan fingerprint density at radius 2 is 0.968 bits per heavy atom. The Bertz CT molecular complexity index is 2480. The largest absolute Gasteiger partial charge is 0.508 e. The van der Waals surface area contributed by atoms with Crippen molar-refractivity contribution < 1.29 is 34.2 Å². The number of benzene rings is 4. The summed E-state index contributed by atoms with van der Waals surface area (Å²) in [6.07, 6.45) is 4.82. The molecule has 6 aromatic rings. The van der Waals surface area contributed by atoms with Crippen LogP contribution in [0.1, 0.15) is 41.5 Å². The first-order valence-electron chi connectivity index (χ1n) is 20.5. The van der Waals surface area contributed by atoms with E-state index in [9.17, 15) is 34.2 Å². The minimum absolute atomic E-state index is 0.00172. The highest BCUT2D eigenvalue weighted by molar-refractivity contribution is 5.96. The molecule has 0 spiro atoms. The fourth-order valence-corrected chi connectivity index (χ4v) is 7.38. The molecular weight excluding hydrogens is 791 g/mol. The molecule has 0 aliphatic carbocycles. The average molecular weight is 844 g/mol. The van der Waals surface area contributed by atoms with Crippen LogP contribution in [0.2, 0.25) is 0 Å². The van der Waals surface area contributed by atoms with Crippen LogP contribution in [-0.4, -0.2) is 86.5 Å². The van der Waals surface area contributed by atoms with Crippen molar-refractivity contribution in [2.24, 2.45) is 17.2 Å². The summed E-state index contributed by atoms with van der Waals surface area (Å²) in [5, 5.41) is 32.7. The number of primary amides is 1. The molecule has 14 N–H and O–H groups in total. The van der Waals surface area contributed by atoms with Crippen LogP contribution in [0.25, 0.3) is 21.8 Å². The summed E-state index contributed by atoms with van der Waals surface area (Å²) in [5.41, 5.74) is 22.5. The standard InChI is InChI=1S/C46H53N9O7/c47-20-6-5-11-38(52-45(61)40(21-27-12-16-31(56)17-13-27)54-43(59)35(48)23-29-25-50-36-9-3-1-7-33(29)36)44(60)55-41(22-28-14-18-32(57)19-15-28)46(62)53-39(42(49)58)24-30-26-51-37-10-4-2-8-34(30)37/h1-4,7-10,12-19,25-26,35,38-41,50-51,56-57H,5-6,11,20-24,47-48H2,(H2,49,58)(H,52,61)(H,53,62)(H,54,59)(H,55,60)/t35-,38-,39-,40-,41-/m0/s1. The summed E-state index contributed by atoms with van der Waals surface area (Å²) in [5.74, 6) is -3.46. The molecule has 2 heterocycles. The van der Waals surface area contributed by atoms with E-state index in [1.54, 1.807) is 36.7 Å². The van der Waals surface area contributed by atoms with Crippen molar-refractivity contribution in [2.45, 2.75) is 75.2 Å². The lowest BCUT2D eigenvalue weighted by Crippen LogP contribution is -2.59. The normalized spacial score (nSPS) is 13.7. The molecule has 0 unspecified atom stereocenters. The number of aromatic amines is 2. The third-order valence-electron chi connectivity index (χ3n) is 10.8. The zero-order valence-corrected chi connectivity index (χ0v) is 34.1. The molecule has 0 bridgehead atoms. The minimum atomic E-state index is -1.26. The van der Waals surface area contributed by atoms with Crippen molar-refractivity contribution in [2.75, 3.05) is 6.54 Å². The summed E-state index contributed by atoms with van der Waals surface area (Å²) in [6, 6.07) is 21.5. The van der Waals surface area contributed by atoms with Crippen LogP contribution in [-0.2, 0) is 49.7 Å². The Morgan fingerprint density at radius 1 is 0.532 bits per heavy atom. The maximum absolute atomic E-state index is 14.3. The average Bonchev–Trinajstić information content (AvgIpc) is 3.87. The number of hydrogen-bond acceptors (Lipinski definition) is 9. The number of hydrogen-bond donors (Lipinski definition) is 11. The van der Waals surface area contributed by atoms with Crippen LogP contribution < -0.4 is 38.5 Å². The number of amides is 5. The third kappa shape index (κ3) is 11.8. The number of carbonyl (C=O) groups is 5. The van der Waals surface area contributed by atoms with Gasteiger partial charge in [-0.25, -0.2) is 0 Å². The lowest BCUT2D eigenvalue weighted by atomic mass is 10.0. The second kappa shape index (κ2) is 20.9. The molecule has 5 atom stereocenters. The van der Waals surface area contributed by atoms with E-state index < -0.39 is 59.7 Å². The Morgan fingerprint density at radius 3 is 1.47 bits per heavy atom. The molecule has 4 aromatic carbocycles. The lowest BCUT2D eigenvalue weighted by molar-refractivity contribution is -0.134. The lowest BCUT2D eigenvalue weighted by Gasteiger charge is -2.27. The zero-order chi connectivity index (χ0) is 44.2. The van der Waals surface area contributed by atoms with Gasteiger partial charge in [0.25, 0.3) is 0 Å². The van der Waals surface area contributed by atoms with E-state index in [4.69, 9.17) is 17.2 Å². The molecule has 6 rings (SSSR count). The molecule has 0 saturated heterocycles. The monoisotopic (exact) mass is 843 g/mol. The Hall–Kier alpha value is -7.17. The summed E-state index contributed by atoms with van der Waals surface area (Å²) in [6.45, 7) is 0.326. The molecule has 0 saturated carbocycles. The number of H-pyrrole nitrogens is 2. The highest BCUT2D eigenvalue weighted by Crippen LogP contribution is 2.21. The van der Waals surface area contributed by atoms with Gasteiger partial charge >= 0.3 is 0 Å². The molecule has 0 radical (unpaired) electrons. The van der Waals surface area contributed by atoms with Crippen LogP contribution in [0.4, 0.5) is 0 Å². The first kappa shape index (κ1) is 44.4. The van der Waals surface area contributed by atoms with Gasteiger partial charge in [0.05, 0.1) is 6.04 Å². The molecule has 16 heteroatoms. The van der Waals surface area contributed by atoms with Crippen molar-refractivity contribution in [1.82, 2.24) is 31.2 Å². The third-order valence-corrected chi connectivity index (χ3v) is 10.8. The molecule has 62 heavy (non-hydrogen) atoms. The summed E-state index contributed by atoms with van der Waals surface area (Å²) >= 11 is 0. The highest BCUT2D eigenvalue weighted by atomic mass is 16.3. The van der Waals surface area contributed by atoms with Gasteiger partial charge < -0.3 is 58.6 Å². The van der Waals surface area contributed by atoms with Crippen LogP contribution in [0.5, 0.6) is 11.5 Å². The van der Waals surface area contributed by atoms with E-state index in [0.29, 0.717) is 30.5 Å². The smallest absolute Gasteiger partial charge is 0.243 e. The van der Waals surface area contributed by atoms with Gasteiger partial charge in [0.1, 0.15) is 35.7 Å². The number of nitrogens with one attached hydrogen (secondary N) is 6. The van der Waals surface area contributed by atoms with Gasteiger partial charge in [-0.1, -0.05) is 60.7 Å². The summed E-state index contributed by atoms with van der Waals surface area (Å²) in [4.78, 5) is 75.3. The molecule has 324 valence electrons. The number of rotatable bonds is 21. The van der Waals surface area contributed by atoms with E-state index in [2.05, 4.69) is 31.2 Å². The second-order valence-corrected chi connectivity index (χ2v) is 15.4. The SMILES string of the molecule is NCCCC[C@H](NC(=O)[C@H](Cc1ccc(O)cc1)NC(=O)[C@@H](N)Cc1c[nH]c2ccccc12)C(=O)N[C@@H](Cc1ccc(O)cc1)C(=O)N[C@@H](Cc1c[nH]c2ccccc12)C(N)=O. The number of para-hydroxylation sites is 2. The molecular formula is C46H53N9O7. The van der Waals surface area contributed by atoms with Crippen molar-refractivity contribution in [3.63, 3.8) is 0 Å². The predicted octanol–water partition coefficient (Wildman–Crippen LogP) is 2.21. The molecule has 16 nitrogen and oxygen atoms in total. The van der Waals surface area contributed by atoms with Gasteiger partial charge in [-0.15, -0.1) is 0 Å². The fraction of sp³-hybridized carbons (Fsp3) is 0.283. The van der Waals surface area contributed by atoms with Crippen LogP contribution >= 0.6 is 0 Å². The first-order chi connectivity index (χ1) is 29.9. The summed E-state index contributed by atoms with van der Waals surface area (Å²) in [7, 11) is 0. The van der Waals surface area contributed by atoms with Gasteiger partial charge in [-0.3, -0.25) is 24.0 Å². The molecule has 2 aromatic heterocycles. The van der Waals surface area contributed by atoms with Gasteiger partial charge in [0, 0.05) is 53.5 Å². The van der Waals surface area contributed by atoms with Crippen molar-refractivity contribution in [1.29, 1.82) is 0 Å². The number of nitrogens with two attached hydrogens (primary N) is 3. The topological polar surface area (TPSA) is 284 Å². The minimum Gasteiger partial charge on any atom is -0.508 e. The Balaban J connectivity index is 1.21. The number of fused-ring (bicyclic) bond motifs is 2. The van der Waals surface area contributed by atoms with Gasteiger partial charge in [-0.2, -0.15) is 0 Å². The van der Waals surface area contributed by atoms with E-state index >= 15 is 0 Å². The number of carbonyl (C=O) groups excluding carboxylic acids is 5. The van der Waals surface area contributed by atoms with E-state index in [1.165, 1.54) is 24.3 Å². The van der Waals surface area contributed by atoms with Gasteiger partial charge in [-0.05, 0) is 90.9 Å². The predicted molar refractivity (Wildman–Crippen MR) is 235 cm³/mol. The Labute approximate surface area is 358 Å². The number of phenolic OH excluding ortho intramolecular Hbond substituents is 2. The summed E-state index contributed by atoms with van der Waals surface area (Å²) < 4.78 is 0. The van der Waals surface area contributed by atoms with E-state index in [-0.39, 0.29) is 43.6 Å². The maximum Gasteiger partial charge on any atom is 0.243 e. The quantitative estimate of drug-likeness (QED) is 0.0473. The van der Waals surface area contributed by atoms with Crippen molar-refractivity contribution in [3.8, 4) is 11.5 Å². The second-order valence-electron chi connectivity index (χ2n) is 15.4. The molecule has 0 aliphatic heterocycles. The number of phenols is 2. The van der Waals surface area contributed by atoms with Crippen LogP contribution in [0.3, 0.4) is 0 Å². The van der Waals surface area contributed by atoms with Gasteiger partial charge in [0.2, 0.25) is 29.5 Å². The maximum atomic E-state index is 14.3. The molecule has 5 amide bonds. The van der Waals surface area contributed by atoms with E-state index in [0.717, 1.165) is 32.9 Å². The van der Waals surface area contributed by atoms with Gasteiger partial charge in [0.15, 0.2) is 0 Å². The van der Waals surface area contributed by atoms with Crippen molar-refractivity contribution in [3.05, 3.63) is 132 Å². The van der Waals surface area contributed by atoms with Crippen molar-refractivity contribution >= 4 is 51.3 Å². The Kier molecular flexibility index (Phi) is 14.9. The number of aromatic nitrogens is 2. The van der Waals surface area contributed by atoms with Crippen LogP contribution in [0, 0.1) is 0 Å².